The number of benzene rings is 4. The lowest BCUT2D eigenvalue weighted by atomic mass is 10.1. The average Bonchev–Trinajstić information content (AvgIpc) is 2.74. The summed E-state index contributed by atoms with van der Waals surface area (Å²) in [5, 5.41) is 0.977. The van der Waals surface area contributed by atoms with Gasteiger partial charge in [0.15, 0.2) is 0 Å². The summed E-state index contributed by atoms with van der Waals surface area (Å²) in [7, 11) is 0. The van der Waals surface area contributed by atoms with Crippen LogP contribution < -0.4 is 20.9 Å². The Kier molecular flexibility index (Phi) is 5.70. The molecule has 4 nitrogen and oxygen atoms in total. The van der Waals surface area contributed by atoms with Gasteiger partial charge in [0.05, 0.1) is 10.0 Å². The Bertz CT molecular complexity index is 1080. The zero-order valence-electron chi connectivity index (χ0n) is 15.8. The highest BCUT2D eigenvalue weighted by Crippen LogP contribution is 2.37. The van der Waals surface area contributed by atoms with E-state index in [1.54, 1.807) is 48.5 Å². The molecule has 30 heavy (non-hydrogen) atoms. The van der Waals surface area contributed by atoms with Gasteiger partial charge in [-0.3, -0.25) is 0 Å². The first-order valence-electron chi connectivity index (χ1n) is 9.14. The van der Waals surface area contributed by atoms with Crippen LogP contribution in [0, 0.1) is 0 Å². The largest absolute Gasteiger partial charge is 0.456 e. The molecule has 4 rings (SSSR count). The summed E-state index contributed by atoms with van der Waals surface area (Å²) in [5.41, 5.74) is 14.6. The van der Waals surface area contributed by atoms with Crippen LogP contribution in [0.4, 0.5) is 11.4 Å². The van der Waals surface area contributed by atoms with E-state index in [2.05, 4.69) is 0 Å². The van der Waals surface area contributed by atoms with Crippen molar-refractivity contribution in [2.45, 2.75) is 0 Å². The lowest BCUT2D eigenvalue weighted by Gasteiger charge is -2.12. The molecule has 4 aromatic rings. The first-order chi connectivity index (χ1) is 14.5. The van der Waals surface area contributed by atoms with Gasteiger partial charge in [-0.2, -0.15) is 0 Å². The van der Waals surface area contributed by atoms with Crippen molar-refractivity contribution < 1.29 is 9.47 Å². The molecule has 6 heteroatoms. The first-order valence-corrected chi connectivity index (χ1v) is 9.90. The number of anilines is 2. The van der Waals surface area contributed by atoms with Gasteiger partial charge in [-0.25, -0.2) is 0 Å². The number of hydrogen-bond donors (Lipinski definition) is 2. The second-order valence-corrected chi connectivity index (χ2v) is 7.45. The molecular weight excluding hydrogens is 419 g/mol. The molecule has 0 heterocycles. The lowest BCUT2D eigenvalue weighted by Crippen LogP contribution is -1.89. The number of ether oxygens (including phenoxy) is 2. The molecule has 0 aliphatic rings. The molecular formula is C24H18Cl2N2O2. The van der Waals surface area contributed by atoms with Crippen LogP contribution in [-0.4, -0.2) is 0 Å². The zero-order valence-corrected chi connectivity index (χ0v) is 17.3. The van der Waals surface area contributed by atoms with Crippen molar-refractivity contribution in [1.29, 1.82) is 0 Å². The zero-order chi connectivity index (χ0) is 21.1. The maximum absolute atomic E-state index is 6.43. The van der Waals surface area contributed by atoms with E-state index in [0.717, 1.165) is 11.1 Å². The number of nitrogens with two attached hydrogens (primary N) is 2. The van der Waals surface area contributed by atoms with E-state index in [4.69, 9.17) is 44.1 Å². The van der Waals surface area contributed by atoms with E-state index in [1.165, 1.54) is 0 Å². The fourth-order valence-corrected chi connectivity index (χ4v) is 3.29. The number of nitrogen functional groups attached to an aromatic ring is 2. The Hall–Kier alpha value is -3.34. The minimum Gasteiger partial charge on any atom is -0.456 e. The Morgan fingerprint density at radius 3 is 1.20 bits per heavy atom. The Balaban J connectivity index is 1.53. The van der Waals surface area contributed by atoms with Crippen molar-refractivity contribution in [2.75, 3.05) is 11.5 Å². The third kappa shape index (κ3) is 4.62. The summed E-state index contributed by atoms with van der Waals surface area (Å²) < 4.78 is 11.7. The Labute approximate surface area is 184 Å². The van der Waals surface area contributed by atoms with Gasteiger partial charge >= 0.3 is 0 Å². The predicted octanol–water partition coefficient (Wildman–Crippen LogP) is 7.41. The molecule has 0 aromatic heterocycles. The van der Waals surface area contributed by atoms with Gasteiger partial charge in [-0.15, -0.1) is 0 Å². The van der Waals surface area contributed by atoms with E-state index < -0.39 is 0 Å². The lowest BCUT2D eigenvalue weighted by molar-refractivity contribution is 0.482. The molecule has 0 spiro atoms. The van der Waals surface area contributed by atoms with Crippen LogP contribution in [-0.2, 0) is 0 Å². The summed E-state index contributed by atoms with van der Waals surface area (Å²) in [5.74, 6) is 2.43. The fourth-order valence-electron chi connectivity index (χ4n) is 2.85. The van der Waals surface area contributed by atoms with Crippen LogP contribution in [0.15, 0.2) is 84.9 Å². The number of rotatable bonds is 5. The van der Waals surface area contributed by atoms with Crippen molar-refractivity contribution >= 4 is 34.6 Å². The first kappa shape index (κ1) is 20.0. The fraction of sp³-hybridized carbons (Fsp3) is 0. The highest BCUT2D eigenvalue weighted by atomic mass is 35.5. The van der Waals surface area contributed by atoms with Crippen LogP contribution in [0.1, 0.15) is 0 Å². The normalized spacial score (nSPS) is 10.6. The van der Waals surface area contributed by atoms with Gasteiger partial charge < -0.3 is 20.9 Å². The molecule has 0 aliphatic carbocycles. The molecule has 4 N–H and O–H groups in total. The predicted molar refractivity (Wildman–Crippen MR) is 124 cm³/mol. The molecule has 4 aromatic carbocycles. The van der Waals surface area contributed by atoms with Gasteiger partial charge in [0.2, 0.25) is 0 Å². The summed E-state index contributed by atoms with van der Waals surface area (Å²) in [6.07, 6.45) is 0. The Morgan fingerprint density at radius 2 is 0.867 bits per heavy atom. The quantitative estimate of drug-likeness (QED) is 0.319. The van der Waals surface area contributed by atoms with Crippen LogP contribution in [0.2, 0.25) is 10.0 Å². The van der Waals surface area contributed by atoms with Gasteiger partial charge in [-0.05, 0) is 83.9 Å². The molecule has 0 unspecified atom stereocenters. The summed E-state index contributed by atoms with van der Waals surface area (Å²) in [6, 6.07) is 25.4. The van der Waals surface area contributed by atoms with E-state index >= 15 is 0 Å². The highest BCUT2D eigenvalue weighted by molar-refractivity contribution is 6.33. The van der Waals surface area contributed by atoms with Gasteiger partial charge in [0.1, 0.15) is 23.0 Å². The second-order valence-electron chi connectivity index (χ2n) is 6.63. The van der Waals surface area contributed by atoms with E-state index in [9.17, 15) is 0 Å². The van der Waals surface area contributed by atoms with Crippen LogP contribution in [0.5, 0.6) is 23.0 Å². The molecule has 0 bridgehead atoms. The maximum Gasteiger partial charge on any atom is 0.146 e. The molecule has 0 atom stereocenters. The Morgan fingerprint density at radius 1 is 0.500 bits per heavy atom. The molecule has 0 saturated carbocycles. The number of halogens is 2. The van der Waals surface area contributed by atoms with Gasteiger partial charge in [0.25, 0.3) is 0 Å². The minimum absolute atomic E-state index is 0.489. The topological polar surface area (TPSA) is 70.5 Å². The number of hydrogen-bond acceptors (Lipinski definition) is 4. The highest BCUT2D eigenvalue weighted by Gasteiger charge is 2.10. The molecule has 0 aliphatic heterocycles. The second kappa shape index (κ2) is 8.57. The van der Waals surface area contributed by atoms with E-state index in [0.29, 0.717) is 44.4 Å². The standard InChI is InChI=1S/C24H18Cl2N2O2/c25-21-13-15(1-11-23(21)29-19-7-3-17(27)4-8-19)16-2-12-24(22(26)14-16)30-20-9-5-18(28)6-10-20/h1-14H,27-28H2. The third-order valence-corrected chi connectivity index (χ3v) is 5.00. The molecule has 0 radical (unpaired) electrons. The van der Waals surface area contributed by atoms with Crippen molar-refractivity contribution in [1.82, 2.24) is 0 Å². The smallest absolute Gasteiger partial charge is 0.146 e. The molecule has 0 saturated heterocycles. The molecule has 0 fully saturated rings. The average molecular weight is 437 g/mol. The molecule has 0 amide bonds. The van der Waals surface area contributed by atoms with Gasteiger partial charge in [-0.1, -0.05) is 35.3 Å². The van der Waals surface area contributed by atoms with Crippen molar-refractivity contribution in [3.8, 4) is 34.1 Å². The van der Waals surface area contributed by atoms with E-state index in [1.807, 2.05) is 36.4 Å². The summed E-state index contributed by atoms with van der Waals surface area (Å²) >= 11 is 12.9. The summed E-state index contributed by atoms with van der Waals surface area (Å²) in [4.78, 5) is 0. The summed E-state index contributed by atoms with van der Waals surface area (Å²) in [6.45, 7) is 0. The minimum atomic E-state index is 0.489. The van der Waals surface area contributed by atoms with Crippen LogP contribution >= 0.6 is 23.2 Å². The maximum atomic E-state index is 6.43. The van der Waals surface area contributed by atoms with Crippen molar-refractivity contribution in [2.24, 2.45) is 0 Å². The van der Waals surface area contributed by atoms with Crippen molar-refractivity contribution in [3.63, 3.8) is 0 Å². The van der Waals surface area contributed by atoms with Crippen LogP contribution in [0.25, 0.3) is 11.1 Å². The van der Waals surface area contributed by atoms with Crippen molar-refractivity contribution in [3.05, 3.63) is 95.0 Å². The monoisotopic (exact) mass is 436 g/mol. The van der Waals surface area contributed by atoms with E-state index in [-0.39, 0.29) is 0 Å². The molecule has 150 valence electrons. The van der Waals surface area contributed by atoms with Crippen LogP contribution in [0.3, 0.4) is 0 Å². The third-order valence-electron chi connectivity index (χ3n) is 4.41. The van der Waals surface area contributed by atoms with Gasteiger partial charge in [0, 0.05) is 11.4 Å². The SMILES string of the molecule is Nc1ccc(Oc2ccc(-c3ccc(Oc4ccc(N)cc4)c(Cl)c3)cc2Cl)cc1.